The number of rotatable bonds is 10. The van der Waals surface area contributed by atoms with Gasteiger partial charge in [-0.3, -0.25) is 4.98 Å². The molecule has 4 aromatic carbocycles. The van der Waals surface area contributed by atoms with Crippen molar-refractivity contribution in [3.05, 3.63) is 203 Å². The summed E-state index contributed by atoms with van der Waals surface area (Å²) >= 11 is 3.86. The molecule has 0 radical (unpaired) electrons. The number of nitrogens with zero attached hydrogens (tertiary/aromatic N) is 3. The van der Waals surface area contributed by atoms with Crippen molar-refractivity contribution in [1.82, 2.24) is 9.88 Å². The minimum absolute atomic E-state index is 0.0809. The Bertz CT molecular complexity index is 2170. The van der Waals surface area contributed by atoms with Crippen molar-refractivity contribution >= 4 is 39.1 Å². The molecule has 0 fully saturated rings. The minimum Gasteiger partial charge on any atom is -0.349 e. The van der Waals surface area contributed by atoms with E-state index in [9.17, 15) is 0 Å². The predicted molar refractivity (Wildman–Crippen MR) is 218 cm³/mol. The summed E-state index contributed by atoms with van der Waals surface area (Å²) in [6, 6.07) is 34.4. The number of hydrogen-bond donors (Lipinski definition) is 0. The van der Waals surface area contributed by atoms with Crippen molar-refractivity contribution < 1.29 is 0 Å². The summed E-state index contributed by atoms with van der Waals surface area (Å²) in [6.45, 7) is 12.0. The first-order chi connectivity index (χ1) is 24.4. The normalized spacial score (nSPS) is 14.9. The minimum atomic E-state index is -0.0809. The van der Waals surface area contributed by atoms with Gasteiger partial charge in [-0.05, 0) is 99.8 Å². The van der Waals surface area contributed by atoms with E-state index < -0.39 is 0 Å². The third-order valence-corrected chi connectivity index (χ3v) is 9.34. The summed E-state index contributed by atoms with van der Waals surface area (Å²) in [5, 5.41) is 0. The van der Waals surface area contributed by atoms with E-state index in [1.54, 1.807) is 6.20 Å². The number of pyridine rings is 1. The Labute approximate surface area is 304 Å². The molecule has 246 valence electrons. The Kier molecular flexibility index (Phi) is 10.8. The number of allylic oxidation sites excluding steroid dienone is 7. The zero-order valence-corrected chi connectivity index (χ0v) is 30.3. The first-order valence-electron chi connectivity index (χ1n) is 16.7. The fourth-order valence-corrected chi connectivity index (χ4v) is 6.87. The van der Waals surface area contributed by atoms with Gasteiger partial charge < -0.3 is 4.90 Å². The van der Waals surface area contributed by atoms with Gasteiger partial charge in [0.15, 0.2) is 0 Å². The monoisotopic (exact) mass is 713 g/mol. The van der Waals surface area contributed by atoms with Gasteiger partial charge in [0.25, 0.3) is 0 Å². The lowest BCUT2D eigenvalue weighted by molar-refractivity contribution is 0.435. The van der Waals surface area contributed by atoms with Gasteiger partial charge in [-0.15, -0.1) is 0 Å². The van der Waals surface area contributed by atoms with Crippen molar-refractivity contribution in [3.63, 3.8) is 0 Å². The maximum atomic E-state index is 5.31. The maximum absolute atomic E-state index is 5.31. The second kappa shape index (κ2) is 15.8. The first kappa shape index (κ1) is 34.3. The molecule has 0 N–H and O–H groups in total. The number of amidine groups is 1. The molecule has 0 amide bonds. The molecule has 1 unspecified atom stereocenters. The Morgan fingerprint density at radius 2 is 1.58 bits per heavy atom. The third kappa shape index (κ3) is 7.51. The van der Waals surface area contributed by atoms with Crippen LogP contribution in [0.2, 0.25) is 0 Å². The van der Waals surface area contributed by atoms with Crippen molar-refractivity contribution in [2.24, 2.45) is 4.99 Å². The van der Waals surface area contributed by atoms with Gasteiger partial charge in [-0.25, -0.2) is 4.99 Å². The molecule has 0 saturated carbocycles. The van der Waals surface area contributed by atoms with Gasteiger partial charge in [0.1, 0.15) is 5.84 Å². The molecule has 2 heterocycles. The number of aliphatic imine (C=N–C) groups is 1. The van der Waals surface area contributed by atoms with Crippen molar-refractivity contribution in [2.45, 2.75) is 19.9 Å². The zero-order valence-electron chi connectivity index (χ0n) is 28.7. The van der Waals surface area contributed by atoms with E-state index in [4.69, 9.17) is 4.99 Å². The highest BCUT2D eigenvalue weighted by molar-refractivity contribution is 9.10. The smallest absolute Gasteiger partial charge is 0.137 e. The van der Waals surface area contributed by atoms with Crippen LogP contribution in [0.1, 0.15) is 46.3 Å². The average Bonchev–Trinajstić information content (AvgIpc) is 3.14. The van der Waals surface area contributed by atoms with Crippen molar-refractivity contribution in [1.29, 1.82) is 0 Å². The van der Waals surface area contributed by atoms with Crippen molar-refractivity contribution in [2.75, 3.05) is 7.05 Å². The van der Waals surface area contributed by atoms with Gasteiger partial charge in [0, 0.05) is 29.5 Å². The van der Waals surface area contributed by atoms with E-state index >= 15 is 0 Å². The molecule has 0 saturated heterocycles. The first-order valence-corrected chi connectivity index (χ1v) is 17.5. The Morgan fingerprint density at radius 3 is 2.28 bits per heavy atom. The van der Waals surface area contributed by atoms with E-state index in [0.717, 1.165) is 60.5 Å². The van der Waals surface area contributed by atoms with Crippen LogP contribution in [0.25, 0.3) is 39.6 Å². The summed E-state index contributed by atoms with van der Waals surface area (Å²) < 4.78 is 1.02. The number of likely N-dealkylation sites (N-methyl/N-ethyl adjacent to an activating group) is 1. The maximum Gasteiger partial charge on any atom is 0.137 e. The van der Waals surface area contributed by atoms with Gasteiger partial charge in [0.05, 0.1) is 11.7 Å². The Balaban J connectivity index is 1.46. The molecule has 1 aromatic heterocycles. The van der Waals surface area contributed by atoms with Crippen LogP contribution in [0.3, 0.4) is 0 Å². The summed E-state index contributed by atoms with van der Waals surface area (Å²) in [4.78, 5) is 11.9. The summed E-state index contributed by atoms with van der Waals surface area (Å²) in [5.74, 6) is 0.905. The second-order valence-electron chi connectivity index (χ2n) is 12.2. The topological polar surface area (TPSA) is 28.5 Å². The van der Waals surface area contributed by atoms with Crippen LogP contribution in [-0.4, -0.2) is 22.8 Å². The van der Waals surface area contributed by atoms with Crippen molar-refractivity contribution in [3.8, 4) is 22.3 Å². The molecule has 1 aliphatic rings. The number of benzene rings is 4. The van der Waals surface area contributed by atoms with Crippen LogP contribution in [0.4, 0.5) is 0 Å². The highest BCUT2D eigenvalue weighted by Crippen LogP contribution is 2.38. The van der Waals surface area contributed by atoms with Crippen LogP contribution in [0.15, 0.2) is 175 Å². The largest absolute Gasteiger partial charge is 0.349 e. The zero-order chi connectivity index (χ0) is 35.0. The molecule has 0 spiro atoms. The SMILES string of the molecule is C=C/C=C\c1c(C)cccc1-c1cc(Br)cc(C2C=C(c3ccc(C(/C=C\C)=C/C=C)cc3)N=C(c3ccc(-c4cccnc4)cc3)N2C)c1. The van der Waals surface area contributed by atoms with Gasteiger partial charge in [0.2, 0.25) is 0 Å². The van der Waals surface area contributed by atoms with E-state index in [0.29, 0.717) is 0 Å². The molecule has 0 aliphatic carbocycles. The molecule has 0 bridgehead atoms. The molecule has 3 nitrogen and oxygen atoms in total. The molecular weight excluding hydrogens is 674 g/mol. The molecule has 1 aliphatic heterocycles. The highest BCUT2D eigenvalue weighted by atomic mass is 79.9. The lowest BCUT2D eigenvalue weighted by Gasteiger charge is -2.34. The average molecular weight is 715 g/mol. The van der Waals surface area contributed by atoms with Gasteiger partial charge in [-0.1, -0.05) is 144 Å². The lowest BCUT2D eigenvalue weighted by Crippen LogP contribution is -2.33. The van der Waals surface area contributed by atoms with Gasteiger partial charge >= 0.3 is 0 Å². The van der Waals surface area contributed by atoms with E-state index in [2.05, 4.69) is 162 Å². The predicted octanol–water partition coefficient (Wildman–Crippen LogP) is 12.3. The van der Waals surface area contributed by atoms with E-state index in [1.165, 1.54) is 16.7 Å². The third-order valence-electron chi connectivity index (χ3n) is 8.88. The van der Waals surface area contributed by atoms with E-state index in [-0.39, 0.29) is 6.04 Å². The van der Waals surface area contributed by atoms with Crippen LogP contribution >= 0.6 is 15.9 Å². The van der Waals surface area contributed by atoms with Gasteiger partial charge in [-0.2, -0.15) is 0 Å². The highest BCUT2D eigenvalue weighted by Gasteiger charge is 2.26. The van der Waals surface area contributed by atoms with Crippen LogP contribution in [-0.2, 0) is 0 Å². The Hall–Kier alpha value is -5.58. The number of hydrogen-bond acceptors (Lipinski definition) is 3. The van der Waals surface area contributed by atoms with Crippen LogP contribution in [0, 0.1) is 6.92 Å². The molecule has 5 aromatic rings. The lowest BCUT2D eigenvalue weighted by atomic mass is 9.92. The second-order valence-corrected chi connectivity index (χ2v) is 13.1. The summed E-state index contributed by atoms with van der Waals surface area (Å²) in [6.07, 6.45) is 19.9. The summed E-state index contributed by atoms with van der Waals surface area (Å²) in [5.41, 5.74) is 13.3. The molecule has 1 atom stereocenters. The molecule has 4 heteroatoms. The van der Waals surface area contributed by atoms with E-state index in [1.807, 2.05) is 49.6 Å². The standard InChI is InChI=1S/C46H40BrN3/c1-6-9-16-42-32(4)14-10-17-43(42)39-27-40(29-41(47)28-39)45-30-44(36-22-18-34(19-23-36)33(12-7-2)13-8-3)49-46(50(45)5)37-24-20-35(21-25-37)38-15-11-26-48-31-38/h6-31,45H,1-2H2,3-5H3/b13-8-,16-9-,33-12+. The van der Waals surface area contributed by atoms with Crippen LogP contribution in [0.5, 0.6) is 0 Å². The fourth-order valence-electron chi connectivity index (χ4n) is 6.36. The molecule has 6 rings (SSSR count). The number of aromatic nitrogens is 1. The molecular formula is C46H40BrN3. The fraction of sp³-hybridized carbons (Fsp3) is 0.0870. The number of halogens is 1. The Morgan fingerprint density at radius 1 is 0.820 bits per heavy atom. The quantitative estimate of drug-likeness (QED) is 0.135. The molecule has 50 heavy (non-hydrogen) atoms. The number of aryl methyl sites for hydroxylation is 1. The summed E-state index contributed by atoms with van der Waals surface area (Å²) in [7, 11) is 2.13. The van der Waals surface area contributed by atoms with Crippen LogP contribution < -0.4 is 0 Å².